The van der Waals surface area contributed by atoms with Gasteiger partial charge in [0.25, 0.3) is 0 Å². The monoisotopic (exact) mass is 417 g/mol. The predicted molar refractivity (Wildman–Crippen MR) is 117 cm³/mol. The molecule has 0 unspecified atom stereocenters. The largest absolute Gasteiger partial charge is 0.461 e. The van der Waals surface area contributed by atoms with Crippen molar-refractivity contribution >= 4 is 35.8 Å². The van der Waals surface area contributed by atoms with Crippen LogP contribution in [0.4, 0.5) is 0 Å². The molecule has 4 nitrogen and oxygen atoms in total. The number of rotatable bonds is 8. The van der Waals surface area contributed by atoms with Crippen molar-refractivity contribution in [2.24, 2.45) is 7.05 Å². The Morgan fingerprint density at radius 2 is 1.79 bits per heavy atom. The van der Waals surface area contributed by atoms with Gasteiger partial charge in [0, 0.05) is 26.8 Å². The molecule has 2 aromatic rings. The van der Waals surface area contributed by atoms with Gasteiger partial charge in [-0.3, -0.25) is 4.79 Å². The van der Waals surface area contributed by atoms with Crippen LogP contribution in [-0.4, -0.2) is 23.4 Å². The van der Waals surface area contributed by atoms with E-state index in [1.165, 1.54) is 11.1 Å². The molecule has 0 aliphatic heterocycles. The summed E-state index contributed by atoms with van der Waals surface area (Å²) in [5.41, 5.74) is 4.05. The summed E-state index contributed by atoms with van der Waals surface area (Å²) < 4.78 is 8.03. The third kappa shape index (κ3) is 4.92. The number of carbonyl (C=O) groups is 2. The lowest BCUT2D eigenvalue weighted by Gasteiger charge is -2.12. The maximum Gasteiger partial charge on any atom is 0.355 e. The van der Waals surface area contributed by atoms with Crippen LogP contribution in [0.2, 0.25) is 0 Å². The van der Waals surface area contributed by atoms with E-state index in [1.807, 2.05) is 6.92 Å². The van der Waals surface area contributed by atoms with Gasteiger partial charge in [-0.1, -0.05) is 53.7 Å². The number of hydrogen-bond acceptors (Lipinski definition) is 5. The second-order valence-electron chi connectivity index (χ2n) is 6.51. The average Bonchev–Trinajstić information content (AvgIpc) is 2.92. The fraction of sp³-hybridized carbons (Fsp3) is 0.364. The predicted octanol–water partition coefficient (Wildman–Crippen LogP) is 6.16. The quantitative estimate of drug-likeness (QED) is 0.292. The number of carbonyl (C=O) groups excluding carboxylic acids is 2. The number of aryl methyl sites for hydroxylation is 1. The Bertz CT molecular complexity index is 895. The molecule has 28 heavy (non-hydrogen) atoms. The second kappa shape index (κ2) is 10.0. The van der Waals surface area contributed by atoms with Crippen molar-refractivity contribution in [3.63, 3.8) is 0 Å². The Morgan fingerprint density at radius 1 is 1.14 bits per heavy atom. The third-order valence-electron chi connectivity index (χ3n) is 4.56. The van der Waals surface area contributed by atoms with E-state index in [2.05, 4.69) is 45.0 Å². The van der Waals surface area contributed by atoms with Gasteiger partial charge in [0.15, 0.2) is 6.29 Å². The number of thioether (sulfide) groups is 2. The van der Waals surface area contributed by atoms with Gasteiger partial charge in [0.2, 0.25) is 0 Å². The summed E-state index contributed by atoms with van der Waals surface area (Å²) in [5.74, 6) is -0.467. The van der Waals surface area contributed by atoms with Crippen molar-refractivity contribution in [3.8, 4) is 0 Å². The first-order valence-electron chi connectivity index (χ1n) is 9.27. The van der Waals surface area contributed by atoms with Crippen molar-refractivity contribution in [2.45, 2.75) is 50.8 Å². The van der Waals surface area contributed by atoms with Crippen LogP contribution in [0.1, 0.15) is 59.3 Å². The first-order chi connectivity index (χ1) is 13.3. The van der Waals surface area contributed by atoms with Crippen LogP contribution in [0.3, 0.4) is 0 Å². The average molecular weight is 418 g/mol. The lowest BCUT2D eigenvalue weighted by molar-refractivity contribution is 0.0512. The molecule has 0 aliphatic carbocycles. The van der Waals surface area contributed by atoms with Crippen LogP contribution >= 0.6 is 23.5 Å². The molecule has 1 aromatic carbocycles. The lowest BCUT2D eigenvalue weighted by atomic mass is 10.2. The summed E-state index contributed by atoms with van der Waals surface area (Å²) in [7, 11) is 1.79. The molecule has 0 bridgehead atoms. The number of hydrogen-bond donors (Lipinski definition) is 0. The Balaban J connectivity index is 2.47. The van der Waals surface area contributed by atoms with Gasteiger partial charge in [-0.05, 0) is 46.2 Å². The summed E-state index contributed by atoms with van der Waals surface area (Å²) >= 11 is 3.24. The summed E-state index contributed by atoms with van der Waals surface area (Å²) in [4.78, 5) is 26.2. The van der Waals surface area contributed by atoms with Crippen LogP contribution < -0.4 is 0 Å². The normalized spacial score (nSPS) is 11.9. The zero-order valence-corrected chi connectivity index (χ0v) is 18.9. The van der Waals surface area contributed by atoms with E-state index in [0.717, 1.165) is 32.4 Å². The molecule has 0 spiro atoms. The molecule has 1 aromatic heterocycles. The van der Waals surface area contributed by atoms with E-state index in [9.17, 15) is 9.59 Å². The van der Waals surface area contributed by atoms with Crippen LogP contribution in [0.15, 0.2) is 43.9 Å². The SMILES string of the molecule is CCOC(=O)c1c(C=O)c(SC(Sc2ccc(C)cc2)=C(C)CC)c(C)n1C. The topological polar surface area (TPSA) is 48.3 Å². The highest BCUT2D eigenvalue weighted by atomic mass is 32.2. The number of esters is 1. The summed E-state index contributed by atoms with van der Waals surface area (Å²) in [5, 5.41) is 0. The highest BCUT2D eigenvalue weighted by Crippen LogP contribution is 2.45. The van der Waals surface area contributed by atoms with E-state index in [4.69, 9.17) is 4.74 Å². The minimum absolute atomic E-state index is 0.271. The van der Waals surface area contributed by atoms with Gasteiger partial charge in [-0.25, -0.2) is 4.79 Å². The van der Waals surface area contributed by atoms with Crippen LogP contribution in [-0.2, 0) is 11.8 Å². The molecule has 0 N–H and O–H groups in total. The van der Waals surface area contributed by atoms with Crippen molar-refractivity contribution in [2.75, 3.05) is 6.61 Å². The maximum absolute atomic E-state index is 12.4. The smallest absolute Gasteiger partial charge is 0.355 e. The van der Waals surface area contributed by atoms with E-state index < -0.39 is 5.97 Å². The maximum atomic E-state index is 12.4. The Morgan fingerprint density at radius 3 is 2.32 bits per heavy atom. The van der Waals surface area contributed by atoms with Gasteiger partial charge in [0.05, 0.1) is 12.2 Å². The zero-order valence-electron chi connectivity index (χ0n) is 17.3. The van der Waals surface area contributed by atoms with Gasteiger partial charge in [-0.15, -0.1) is 0 Å². The van der Waals surface area contributed by atoms with Gasteiger partial charge in [-0.2, -0.15) is 0 Å². The summed E-state index contributed by atoms with van der Waals surface area (Å²) in [6, 6.07) is 8.39. The number of aromatic nitrogens is 1. The minimum Gasteiger partial charge on any atom is -0.461 e. The number of allylic oxidation sites excluding steroid dienone is 1. The number of aldehydes is 1. The highest BCUT2D eigenvalue weighted by molar-refractivity contribution is 8.22. The molecular weight excluding hydrogens is 390 g/mol. The molecule has 150 valence electrons. The van der Waals surface area contributed by atoms with Gasteiger partial charge in [0.1, 0.15) is 5.69 Å². The Hall–Kier alpha value is -1.92. The van der Waals surface area contributed by atoms with E-state index >= 15 is 0 Å². The van der Waals surface area contributed by atoms with Crippen LogP contribution in [0.25, 0.3) is 0 Å². The molecule has 0 aliphatic rings. The molecule has 0 saturated heterocycles. The molecule has 0 radical (unpaired) electrons. The highest BCUT2D eigenvalue weighted by Gasteiger charge is 2.26. The van der Waals surface area contributed by atoms with Gasteiger partial charge >= 0.3 is 5.97 Å². The van der Waals surface area contributed by atoms with Crippen molar-refractivity contribution in [3.05, 3.63) is 56.6 Å². The molecule has 0 saturated carbocycles. The number of nitrogens with zero attached hydrogens (tertiary/aromatic N) is 1. The standard InChI is InChI=1S/C22H27NO3S2/c1-7-15(4)22(27-17-11-9-14(3)10-12-17)28-20-16(5)23(6)19(18(20)13-24)21(25)26-8-2/h9-13H,7-8H2,1-6H3. The first kappa shape index (κ1) is 22.4. The third-order valence-corrected chi connectivity index (χ3v) is 7.35. The molecule has 0 fully saturated rings. The molecule has 0 atom stereocenters. The van der Waals surface area contributed by atoms with E-state index in [0.29, 0.717) is 11.3 Å². The van der Waals surface area contributed by atoms with Crippen molar-refractivity contribution in [1.29, 1.82) is 0 Å². The van der Waals surface area contributed by atoms with Crippen molar-refractivity contribution in [1.82, 2.24) is 4.57 Å². The Kier molecular flexibility index (Phi) is 8.01. The van der Waals surface area contributed by atoms with Gasteiger partial charge < -0.3 is 9.30 Å². The van der Waals surface area contributed by atoms with E-state index in [-0.39, 0.29) is 6.61 Å². The minimum atomic E-state index is -0.467. The van der Waals surface area contributed by atoms with Crippen LogP contribution in [0, 0.1) is 13.8 Å². The lowest BCUT2D eigenvalue weighted by Crippen LogP contribution is -2.12. The first-order valence-corrected chi connectivity index (χ1v) is 10.9. The molecule has 6 heteroatoms. The number of ether oxygens (including phenoxy) is 1. The number of benzene rings is 1. The van der Waals surface area contributed by atoms with Crippen LogP contribution in [0.5, 0.6) is 0 Å². The second-order valence-corrected chi connectivity index (χ2v) is 8.88. The van der Waals surface area contributed by atoms with Crippen molar-refractivity contribution < 1.29 is 14.3 Å². The fourth-order valence-corrected chi connectivity index (χ4v) is 5.19. The zero-order chi connectivity index (χ0) is 20.8. The molecular formula is C22H27NO3S2. The molecule has 1 heterocycles. The molecule has 2 rings (SSSR count). The van der Waals surface area contributed by atoms with E-state index in [1.54, 1.807) is 42.1 Å². The fourth-order valence-electron chi connectivity index (χ4n) is 2.63. The Labute approximate surface area is 175 Å². The summed E-state index contributed by atoms with van der Waals surface area (Å²) in [6.07, 6.45) is 1.67. The molecule has 0 amide bonds. The summed E-state index contributed by atoms with van der Waals surface area (Å²) in [6.45, 7) is 10.2.